The van der Waals surface area contributed by atoms with Gasteiger partial charge in [-0.15, -0.1) is 0 Å². The van der Waals surface area contributed by atoms with Crippen molar-refractivity contribution < 1.29 is 19.4 Å². The van der Waals surface area contributed by atoms with Gasteiger partial charge in [0.25, 0.3) is 0 Å². The van der Waals surface area contributed by atoms with Crippen LogP contribution in [0.2, 0.25) is 0 Å². The Morgan fingerprint density at radius 1 is 1.23 bits per heavy atom. The monoisotopic (exact) mass is 481 g/mol. The minimum atomic E-state index is -0.589. The van der Waals surface area contributed by atoms with Crippen LogP contribution >= 0.6 is 0 Å². The number of aliphatic hydroxyl groups excluding tert-OH is 1. The van der Waals surface area contributed by atoms with E-state index in [0.29, 0.717) is 19.0 Å². The van der Waals surface area contributed by atoms with Crippen LogP contribution in [0.25, 0.3) is 10.9 Å². The molecule has 0 radical (unpaired) electrons. The van der Waals surface area contributed by atoms with E-state index in [2.05, 4.69) is 17.9 Å². The highest BCUT2D eigenvalue weighted by Crippen LogP contribution is 2.43. The summed E-state index contributed by atoms with van der Waals surface area (Å²) in [7, 11) is 1.66. The van der Waals surface area contributed by atoms with Crippen molar-refractivity contribution in [2.45, 2.75) is 70.6 Å². The Balaban J connectivity index is 1.43. The van der Waals surface area contributed by atoms with E-state index in [1.165, 1.54) is 12.8 Å². The summed E-state index contributed by atoms with van der Waals surface area (Å²) < 4.78 is 11.0. The van der Waals surface area contributed by atoms with E-state index in [9.17, 15) is 9.90 Å². The molecule has 190 valence electrons. The van der Waals surface area contributed by atoms with Crippen LogP contribution in [0.1, 0.15) is 70.2 Å². The molecule has 6 rings (SSSR count). The second-order valence-corrected chi connectivity index (χ2v) is 11.6. The van der Waals surface area contributed by atoms with Crippen LogP contribution in [0.15, 0.2) is 24.3 Å². The number of nitrogens with zero attached hydrogens (tertiary/aromatic N) is 3. The van der Waals surface area contributed by atoms with Crippen LogP contribution in [0.5, 0.6) is 5.75 Å². The predicted octanol–water partition coefficient (Wildman–Crippen LogP) is 4.73. The zero-order chi connectivity index (χ0) is 24.9. The van der Waals surface area contributed by atoms with Gasteiger partial charge in [0.2, 0.25) is 0 Å². The van der Waals surface area contributed by atoms with Gasteiger partial charge in [-0.25, -0.2) is 4.79 Å². The summed E-state index contributed by atoms with van der Waals surface area (Å²) in [5.74, 6) is 2.33. The van der Waals surface area contributed by atoms with Gasteiger partial charge in [0.15, 0.2) is 0 Å². The average Bonchev–Trinajstić information content (AvgIpc) is 2.80. The van der Waals surface area contributed by atoms with Crippen molar-refractivity contribution in [2.75, 3.05) is 33.3 Å². The molecule has 1 aromatic heterocycles. The molecule has 4 saturated heterocycles. The molecule has 7 heteroatoms. The molecule has 0 aliphatic carbocycles. The van der Waals surface area contributed by atoms with Crippen LogP contribution in [0, 0.1) is 11.8 Å². The van der Waals surface area contributed by atoms with Crippen LogP contribution < -0.4 is 4.74 Å². The Bertz CT molecular complexity index is 1090. The fraction of sp³-hybridized carbons (Fsp3) is 0.643. The van der Waals surface area contributed by atoms with Crippen molar-refractivity contribution >= 4 is 17.0 Å². The Labute approximate surface area is 208 Å². The number of rotatable bonds is 5. The fourth-order valence-corrected chi connectivity index (χ4v) is 6.15. The molecule has 5 heterocycles. The van der Waals surface area contributed by atoms with Gasteiger partial charge in [0.1, 0.15) is 11.4 Å². The lowest BCUT2D eigenvalue weighted by Gasteiger charge is -2.51. The lowest BCUT2D eigenvalue weighted by Crippen LogP contribution is -2.55. The molecule has 4 aliphatic rings. The first kappa shape index (κ1) is 24.3. The van der Waals surface area contributed by atoms with Crippen molar-refractivity contribution in [1.29, 1.82) is 0 Å². The highest BCUT2D eigenvalue weighted by molar-refractivity contribution is 5.84. The molecule has 7 nitrogen and oxygen atoms in total. The fourth-order valence-electron chi connectivity index (χ4n) is 6.15. The smallest absolute Gasteiger partial charge is 0.410 e. The SMILES string of the molecule is CC[C@H]1CN2CC[C@H]1C[C@H]2[C@H](O)c1cc(C2CN(C(=O)OC(C)(C)C)C2)nc2ccc(OC)cc12. The van der Waals surface area contributed by atoms with Crippen LogP contribution in [-0.2, 0) is 4.74 Å². The molecule has 1 unspecified atom stereocenters. The van der Waals surface area contributed by atoms with Crippen molar-refractivity contribution in [2.24, 2.45) is 11.8 Å². The first-order valence-corrected chi connectivity index (χ1v) is 13.1. The Hall–Kier alpha value is -2.38. The number of fused-ring (bicyclic) bond motifs is 4. The van der Waals surface area contributed by atoms with Crippen molar-refractivity contribution in [1.82, 2.24) is 14.8 Å². The van der Waals surface area contributed by atoms with E-state index in [-0.39, 0.29) is 18.1 Å². The van der Waals surface area contributed by atoms with E-state index >= 15 is 0 Å². The van der Waals surface area contributed by atoms with Gasteiger partial charge >= 0.3 is 6.09 Å². The maximum Gasteiger partial charge on any atom is 0.410 e. The van der Waals surface area contributed by atoms with E-state index in [0.717, 1.165) is 53.3 Å². The van der Waals surface area contributed by atoms with Gasteiger partial charge in [-0.3, -0.25) is 9.88 Å². The number of likely N-dealkylation sites (tertiary alicyclic amines) is 1. The van der Waals surface area contributed by atoms with E-state index < -0.39 is 11.7 Å². The zero-order valence-electron chi connectivity index (χ0n) is 21.7. The lowest BCUT2D eigenvalue weighted by atomic mass is 9.72. The zero-order valence-corrected chi connectivity index (χ0v) is 21.7. The number of amides is 1. The molecule has 0 saturated carbocycles. The Morgan fingerprint density at radius 3 is 2.63 bits per heavy atom. The number of methoxy groups -OCH3 is 1. The number of piperidine rings is 3. The largest absolute Gasteiger partial charge is 0.497 e. The van der Waals surface area contributed by atoms with E-state index in [1.54, 1.807) is 12.0 Å². The quantitative estimate of drug-likeness (QED) is 0.665. The van der Waals surface area contributed by atoms with Crippen molar-refractivity contribution in [3.8, 4) is 5.75 Å². The molecule has 1 N–H and O–H groups in total. The van der Waals surface area contributed by atoms with Crippen molar-refractivity contribution in [3.05, 3.63) is 35.5 Å². The normalized spacial score (nSPS) is 27.5. The summed E-state index contributed by atoms with van der Waals surface area (Å²) in [6, 6.07) is 8.08. The number of hydrogen-bond acceptors (Lipinski definition) is 6. The maximum absolute atomic E-state index is 12.4. The first-order chi connectivity index (χ1) is 16.7. The number of hydrogen-bond donors (Lipinski definition) is 1. The second-order valence-electron chi connectivity index (χ2n) is 11.6. The van der Waals surface area contributed by atoms with Gasteiger partial charge in [0.05, 0.1) is 18.7 Å². The number of carbonyl (C=O) groups excluding carboxylic acids is 1. The molecule has 4 fully saturated rings. The summed E-state index contributed by atoms with van der Waals surface area (Å²) in [5.41, 5.74) is 2.20. The molecule has 5 atom stereocenters. The Kier molecular flexibility index (Phi) is 6.43. The first-order valence-electron chi connectivity index (χ1n) is 13.1. The third kappa shape index (κ3) is 4.73. The van der Waals surface area contributed by atoms with Crippen LogP contribution in [0.3, 0.4) is 0 Å². The summed E-state index contributed by atoms with van der Waals surface area (Å²) in [4.78, 5) is 21.6. The number of benzene rings is 1. The van der Waals surface area contributed by atoms with Crippen LogP contribution in [0.4, 0.5) is 4.79 Å². The summed E-state index contributed by atoms with van der Waals surface area (Å²) in [5, 5.41) is 12.7. The van der Waals surface area contributed by atoms with Gasteiger partial charge in [-0.1, -0.05) is 13.3 Å². The van der Waals surface area contributed by atoms with E-state index in [1.807, 2.05) is 39.0 Å². The highest BCUT2D eigenvalue weighted by atomic mass is 16.6. The Morgan fingerprint density at radius 2 is 2.00 bits per heavy atom. The van der Waals surface area contributed by atoms with Gasteiger partial charge in [0, 0.05) is 42.7 Å². The number of ether oxygens (including phenoxy) is 2. The molecule has 1 amide bonds. The molecule has 35 heavy (non-hydrogen) atoms. The van der Waals surface area contributed by atoms with E-state index in [4.69, 9.17) is 14.5 Å². The minimum Gasteiger partial charge on any atom is -0.497 e. The number of aliphatic hydroxyl groups is 1. The van der Waals surface area contributed by atoms with Gasteiger partial charge in [-0.05, 0) is 81.8 Å². The predicted molar refractivity (Wildman–Crippen MR) is 136 cm³/mol. The summed E-state index contributed by atoms with van der Waals surface area (Å²) in [6.07, 6.45) is 2.61. The second kappa shape index (κ2) is 9.25. The highest BCUT2D eigenvalue weighted by Gasteiger charge is 2.43. The van der Waals surface area contributed by atoms with Gasteiger partial charge in [-0.2, -0.15) is 0 Å². The summed E-state index contributed by atoms with van der Waals surface area (Å²) >= 11 is 0. The summed E-state index contributed by atoms with van der Waals surface area (Å²) in [6.45, 7) is 11.2. The van der Waals surface area contributed by atoms with Gasteiger partial charge < -0.3 is 19.5 Å². The molecule has 0 spiro atoms. The molecular weight excluding hydrogens is 442 g/mol. The van der Waals surface area contributed by atoms with Crippen LogP contribution in [-0.4, -0.2) is 70.9 Å². The molecule has 4 aliphatic heterocycles. The lowest BCUT2D eigenvalue weighted by molar-refractivity contribution is -0.0562. The maximum atomic E-state index is 12.4. The topological polar surface area (TPSA) is 75.1 Å². The average molecular weight is 482 g/mol. The number of aromatic nitrogens is 1. The third-order valence-electron chi connectivity index (χ3n) is 8.16. The minimum absolute atomic E-state index is 0.126. The molecule has 1 aromatic carbocycles. The number of pyridine rings is 1. The van der Waals surface area contributed by atoms with Crippen molar-refractivity contribution in [3.63, 3.8) is 0 Å². The molecule has 2 bridgehead atoms. The third-order valence-corrected chi connectivity index (χ3v) is 8.16. The molecule has 2 aromatic rings. The number of carbonyl (C=O) groups is 1. The molecular formula is C28H39N3O4. The standard InChI is InChI=1S/C28H39N3O4/c1-6-17-14-30-10-9-18(17)11-25(30)26(32)22-13-24(29-23-8-7-20(34-5)12-21(22)23)19-15-31(16-19)27(33)35-28(2,3)4/h7-8,12-13,17-19,25-26,32H,6,9-11,14-16H2,1-5H3/t17-,18-,25-,26+/m0/s1.